The molecule has 17 heteroatoms. The summed E-state index contributed by atoms with van der Waals surface area (Å²) in [4.78, 5) is 43.4. The van der Waals surface area contributed by atoms with E-state index in [-0.39, 0.29) is 56.6 Å². The third-order valence-electron chi connectivity index (χ3n) is 13.9. The number of fused-ring (bicyclic) bond motifs is 14. The molecule has 0 unspecified atom stereocenters. The van der Waals surface area contributed by atoms with Crippen molar-refractivity contribution in [1.29, 1.82) is 0 Å². The number of phenolic OH excluding ortho intramolecular Hbond substituents is 3. The third kappa shape index (κ3) is 10.4. The van der Waals surface area contributed by atoms with Gasteiger partial charge in [0.05, 0.1) is 72.2 Å². The van der Waals surface area contributed by atoms with Gasteiger partial charge in [-0.15, -0.1) is 0 Å². The summed E-state index contributed by atoms with van der Waals surface area (Å²) in [7, 11) is 3.08. The van der Waals surface area contributed by atoms with Crippen LogP contribution in [-0.2, 0) is 30.3 Å². The van der Waals surface area contributed by atoms with Gasteiger partial charge in [-0.2, -0.15) is 5.10 Å². The number of hydrogen-bond acceptors (Lipinski definition) is 16. The fourth-order valence-corrected chi connectivity index (χ4v) is 9.85. The fraction of sp³-hybridized carbons (Fsp3) is 0.500. The van der Waals surface area contributed by atoms with Crippen molar-refractivity contribution < 1.29 is 63.6 Å². The molecule has 1 fully saturated rings. The lowest BCUT2D eigenvalue weighted by Crippen LogP contribution is -2.54. The van der Waals surface area contributed by atoms with Gasteiger partial charge in [-0.3, -0.25) is 24.3 Å². The van der Waals surface area contributed by atoms with Crippen LogP contribution in [0.25, 0.3) is 10.8 Å². The minimum atomic E-state index is -2.08. The van der Waals surface area contributed by atoms with E-state index >= 15 is 0 Å². The first kappa shape index (κ1) is 52.2. The summed E-state index contributed by atoms with van der Waals surface area (Å²) in [5.41, 5.74) is 0.595. The highest BCUT2D eigenvalue weighted by Gasteiger charge is 2.50. The van der Waals surface area contributed by atoms with Crippen LogP contribution in [0.4, 0.5) is 5.69 Å². The number of aliphatic hydroxyl groups excluding tert-OH is 2. The molecule has 69 heavy (non-hydrogen) atoms. The molecule has 4 heterocycles. The number of carbonyl (C=O) groups excluding carboxylic acids is 3. The number of anilines is 1. The second kappa shape index (κ2) is 21.2. The number of Topliss-reactive ketones (excluding diaryl/α,β-unsaturated/α-hetero) is 1. The zero-order chi connectivity index (χ0) is 50.8. The van der Waals surface area contributed by atoms with Gasteiger partial charge in [-0.05, 0) is 39.8 Å². The van der Waals surface area contributed by atoms with Gasteiger partial charge in [0.2, 0.25) is 0 Å². The zero-order valence-corrected chi connectivity index (χ0v) is 41.5. The number of piperazine rings is 1. The Kier molecular flexibility index (Phi) is 16.1. The van der Waals surface area contributed by atoms with Gasteiger partial charge in [0.15, 0.2) is 5.75 Å². The summed E-state index contributed by atoms with van der Waals surface area (Å²) < 4.78 is 29.4. The monoisotopic (exact) mass is 956 g/mol. The molecule has 0 aromatic heterocycles. The minimum Gasteiger partial charge on any atom is -0.507 e. The lowest BCUT2D eigenvalue weighted by Gasteiger charge is -2.43. The van der Waals surface area contributed by atoms with E-state index in [0.29, 0.717) is 19.6 Å². The lowest BCUT2D eigenvalue weighted by atomic mass is 9.78. The molecule has 0 aliphatic carbocycles. The number of nitrogens with one attached hydrogen (secondary N) is 1. The number of benzene rings is 3. The number of nitrogens with zero attached hydrogens (tertiary/aromatic N) is 3. The number of carbonyl (C=O) groups is 3. The maximum atomic E-state index is 14.7. The van der Waals surface area contributed by atoms with Crippen LogP contribution in [0.2, 0.25) is 0 Å². The van der Waals surface area contributed by atoms with E-state index in [1.165, 1.54) is 59.4 Å². The molecule has 1 saturated heterocycles. The molecule has 4 aliphatic heterocycles. The number of aromatic hydroxyl groups is 3. The van der Waals surface area contributed by atoms with Gasteiger partial charge in [-0.1, -0.05) is 64.1 Å². The van der Waals surface area contributed by atoms with Crippen molar-refractivity contribution in [2.75, 3.05) is 32.6 Å². The smallest absolute Gasteiger partial charge is 0.312 e. The number of phenols is 3. The van der Waals surface area contributed by atoms with Crippen LogP contribution in [-0.4, -0.2) is 129 Å². The Morgan fingerprint density at radius 2 is 1.58 bits per heavy atom. The summed E-state index contributed by atoms with van der Waals surface area (Å²) in [6.45, 7) is 18.4. The van der Waals surface area contributed by atoms with Crippen LogP contribution in [0.5, 0.6) is 28.7 Å². The number of hydrogen-bond donors (Lipinski definition) is 6. The average molecular weight is 957 g/mol. The summed E-state index contributed by atoms with van der Waals surface area (Å²) in [5, 5.41) is 68.2. The van der Waals surface area contributed by atoms with E-state index in [1.54, 1.807) is 47.0 Å². The largest absolute Gasteiger partial charge is 0.507 e. The van der Waals surface area contributed by atoms with E-state index < -0.39 is 88.8 Å². The molecule has 374 valence electrons. The van der Waals surface area contributed by atoms with Gasteiger partial charge in [0.1, 0.15) is 29.1 Å². The highest BCUT2D eigenvalue weighted by molar-refractivity contribution is 6.23. The van der Waals surface area contributed by atoms with E-state index in [1.807, 2.05) is 43.1 Å². The van der Waals surface area contributed by atoms with Gasteiger partial charge < -0.3 is 54.5 Å². The first-order chi connectivity index (χ1) is 32.6. The molecule has 11 atom stereocenters. The van der Waals surface area contributed by atoms with Crippen molar-refractivity contribution in [2.24, 2.45) is 28.8 Å². The van der Waals surface area contributed by atoms with Crippen molar-refractivity contribution in [1.82, 2.24) is 9.91 Å². The Hall–Kier alpha value is -6.14. The van der Waals surface area contributed by atoms with Crippen molar-refractivity contribution in [3.63, 3.8) is 0 Å². The van der Waals surface area contributed by atoms with E-state index in [4.69, 9.17) is 28.8 Å². The second-order valence-corrected chi connectivity index (χ2v) is 18.9. The van der Waals surface area contributed by atoms with Gasteiger partial charge >= 0.3 is 11.8 Å². The number of ether oxygens (including phenoxy) is 5. The predicted molar refractivity (Wildman–Crippen MR) is 260 cm³/mol. The minimum absolute atomic E-state index is 0.0432. The molecule has 0 radical (unpaired) electrons. The molecule has 4 aliphatic rings. The van der Waals surface area contributed by atoms with Crippen LogP contribution in [0, 0.1) is 30.6 Å². The van der Waals surface area contributed by atoms with Crippen LogP contribution in [0.15, 0.2) is 65.5 Å². The topological polar surface area (TPSA) is 229 Å². The summed E-state index contributed by atoms with van der Waals surface area (Å²) in [5.74, 6) is -7.76. The highest BCUT2D eigenvalue weighted by Crippen LogP contribution is 2.55. The average Bonchev–Trinajstić information content (AvgIpc) is 3.57. The standard InChI is InChI=1S/C52H68N4O13/c1-26-16-15-17-27(2)51(64)54-42-36(22-53-56-28(3)23-55(24-29(56)4)25-35-18-13-14-19-38(35)66-12)46(61)39-40(47(42)62)45(60)33(8)49-41(39)50(63)52(10,69-49)67-21-20-37(65-11)30(5)48(68-34(9)57)32(7)44(59)31(6)43(26)58/h13-22,26,28-32,37,43-44,48,58-62H,23-25H2,1-12H3,(H,54,64)/t26-,28-,29-,30-,31+,32+,37-,43+,44+,48-,52-/m0/s1. The molecule has 7 rings (SSSR count). The summed E-state index contributed by atoms with van der Waals surface area (Å²) in [6.07, 6.45) is 4.83. The molecule has 0 saturated carbocycles. The lowest BCUT2D eigenvalue weighted by molar-refractivity contribution is -0.160. The van der Waals surface area contributed by atoms with Crippen LogP contribution in [0.3, 0.4) is 0 Å². The van der Waals surface area contributed by atoms with E-state index in [0.717, 1.165) is 11.3 Å². The normalized spacial score (nSPS) is 29.5. The van der Waals surface area contributed by atoms with Crippen molar-refractivity contribution in [3.05, 3.63) is 82.7 Å². The van der Waals surface area contributed by atoms with Crippen molar-refractivity contribution in [2.45, 2.75) is 118 Å². The van der Waals surface area contributed by atoms with Gasteiger partial charge in [-0.25, -0.2) is 0 Å². The maximum Gasteiger partial charge on any atom is 0.312 e. The quantitative estimate of drug-likeness (QED) is 0.0627. The SMILES string of the molecule is COc1ccccc1CN1C[C@H](C)N(N=Cc2c3c(O)c4c(O)c(C)c5c(c4c2O)C(=O)[C@@](C)(OC=C[C@H](OC)[C@H](C)[C@H](OC(C)=O)[C@H](C)[C@H](O)[C@H](C)[C@H](O)[C@@H](C)C=CC=C(C)C(=O)N3)O5)[C@@H](C)C1. The van der Waals surface area contributed by atoms with Crippen LogP contribution in [0.1, 0.15) is 89.4 Å². The Balaban J connectivity index is 1.48. The second-order valence-electron chi connectivity index (χ2n) is 18.9. The number of para-hydroxylation sites is 1. The van der Waals surface area contributed by atoms with Crippen molar-refractivity contribution >= 4 is 40.3 Å². The molecule has 17 nitrogen and oxygen atoms in total. The number of rotatable bonds is 7. The number of aliphatic hydroxyl groups is 2. The van der Waals surface area contributed by atoms with Gasteiger partial charge in [0, 0.05) is 86.3 Å². The van der Waals surface area contributed by atoms with Crippen molar-refractivity contribution in [3.8, 4) is 28.7 Å². The molecule has 1 amide bonds. The van der Waals surface area contributed by atoms with Gasteiger partial charge in [0.25, 0.3) is 11.7 Å². The number of amides is 1. The number of ketones is 1. The molecule has 5 bridgehead atoms. The first-order valence-corrected chi connectivity index (χ1v) is 23.3. The Bertz CT molecular complexity index is 2540. The molecular formula is C52H68N4O13. The summed E-state index contributed by atoms with van der Waals surface area (Å²) in [6, 6.07) is 7.52. The molecule has 3 aromatic rings. The molecule has 6 N–H and O–H groups in total. The molecular weight excluding hydrogens is 889 g/mol. The van der Waals surface area contributed by atoms with E-state index in [2.05, 4.69) is 10.2 Å². The fourth-order valence-electron chi connectivity index (χ4n) is 9.85. The number of hydrazone groups is 1. The van der Waals surface area contributed by atoms with Crippen LogP contribution < -0.4 is 14.8 Å². The first-order valence-electron chi connectivity index (χ1n) is 23.3. The Morgan fingerprint density at radius 1 is 0.913 bits per heavy atom. The highest BCUT2D eigenvalue weighted by atomic mass is 16.7. The maximum absolute atomic E-state index is 14.7. The Labute approximate surface area is 403 Å². The Morgan fingerprint density at radius 3 is 2.22 bits per heavy atom. The summed E-state index contributed by atoms with van der Waals surface area (Å²) >= 11 is 0. The molecule has 0 spiro atoms. The third-order valence-corrected chi connectivity index (χ3v) is 13.9. The number of allylic oxidation sites excluding steroid dienone is 2. The molecule has 3 aromatic carbocycles. The number of esters is 1. The van der Waals surface area contributed by atoms with E-state index in [9.17, 15) is 39.9 Å². The predicted octanol–water partition coefficient (Wildman–Crippen LogP) is 6.69. The number of methoxy groups -OCH3 is 2. The van der Waals surface area contributed by atoms with Crippen LogP contribution >= 0.6 is 0 Å². The zero-order valence-electron chi connectivity index (χ0n) is 41.5.